The maximum atomic E-state index is 12.5. The van der Waals surface area contributed by atoms with Gasteiger partial charge in [-0.05, 0) is 18.2 Å². The van der Waals surface area contributed by atoms with E-state index in [0.29, 0.717) is 0 Å². The van der Waals surface area contributed by atoms with E-state index < -0.39 is 0 Å². The van der Waals surface area contributed by atoms with Gasteiger partial charge in [-0.3, -0.25) is 4.79 Å². The molecule has 1 unspecified atom stereocenters. The largest absolute Gasteiger partial charge is 0.456 e. The average Bonchev–Trinajstić information content (AvgIpc) is 2.62. The lowest BCUT2D eigenvalue weighted by Gasteiger charge is -2.19. The summed E-state index contributed by atoms with van der Waals surface area (Å²) in [6.07, 6.45) is 0. The molecule has 0 bridgehead atoms. The van der Waals surface area contributed by atoms with Crippen LogP contribution in [0.15, 0.2) is 53.4 Å². The summed E-state index contributed by atoms with van der Waals surface area (Å²) in [5, 5.41) is -0.273. The number of rotatable bonds is 1. The Kier molecular flexibility index (Phi) is 3.40. The predicted molar refractivity (Wildman–Crippen MR) is 80.3 cm³/mol. The van der Waals surface area contributed by atoms with Crippen molar-refractivity contribution in [3.05, 3.63) is 54.1 Å². The smallest absolute Gasteiger partial charge is 0.240 e. The number of carbonyl (C=O) groups excluding carboxylic acids is 1. The average molecular weight is 285 g/mol. The molecule has 0 saturated heterocycles. The van der Waals surface area contributed by atoms with Crippen molar-refractivity contribution in [3.63, 3.8) is 0 Å². The highest BCUT2D eigenvalue weighted by Gasteiger charge is 2.30. The summed E-state index contributed by atoms with van der Waals surface area (Å²) in [4.78, 5) is 15.1. The van der Waals surface area contributed by atoms with Crippen molar-refractivity contribution < 1.29 is 9.53 Å². The molecule has 0 radical (unpaired) electrons. The lowest BCUT2D eigenvalue weighted by molar-refractivity contribution is -0.128. The van der Waals surface area contributed by atoms with Gasteiger partial charge in [0.15, 0.2) is 0 Å². The molecule has 0 spiro atoms. The van der Waals surface area contributed by atoms with Gasteiger partial charge >= 0.3 is 0 Å². The third-order valence-corrected chi connectivity index (χ3v) is 4.46. The van der Waals surface area contributed by atoms with E-state index in [1.165, 1.54) is 0 Å². The summed E-state index contributed by atoms with van der Waals surface area (Å²) in [7, 11) is 3.56. The molecule has 1 atom stereocenters. The van der Waals surface area contributed by atoms with E-state index in [0.717, 1.165) is 22.0 Å². The van der Waals surface area contributed by atoms with E-state index in [4.69, 9.17) is 4.74 Å². The van der Waals surface area contributed by atoms with Crippen LogP contribution in [0.4, 0.5) is 0 Å². The first-order valence-electron chi connectivity index (χ1n) is 6.40. The summed E-state index contributed by atoms with van der Waals surface area (Å²) in [6, 6.07) is 15.6. The Labute approximate surface area is 122 Å². The van der Waals surface area contributed by atoms with E-state index in [9.17, 15) is 4.79 Å². The topological polar surface area (TPSA) is 29.5 Å². The van der Waals surface area contributed by atoms with Crippen LogP contribution in [0.3, 0.4) is 0 Å². The van der Waals surface area contributed by atoms with Gasteiger partial charge in [-0.1, -0.05) is 30.3 Å². The van der Waals surface area contributed by atoms with Crippen molar-refractivity contribution in [2.45, 2.75) is 10.1 Å². The number of thioether (sulfide) groups is 1. The van der Waals surface area contributed by atoms with Gasteiger partial charge in [-0.2, -0.15) is 0 Å². The fourth-order valence-electron chi connectivity index (χ4n) is 2.15. The third-order valence-electron chi connectivity index (χ3n) is 3.18. The first-order valence-corrected chi connectivity index (χ1v) is 7.28. The number of fused-ring (bicyclic) bond motifs is 2. The highest BCUT2D eigenvalue weighted by molar-refractivity contribution is 8.00. The van der Waals surface area contributed by atoms with Crippen molar-refractivity contribution in [1.82, 2.24) is 4.90 Å². The number of ether oxygens (including phenoxy) is 1. The minimum Gasteiger partial charge on any atom is -0.456 e. The molecule has 3 nitrogen and oxygen atoms in total. The number of amides is 1. The lowest BCUT2D eigenvalue weighted by atomic mass is 10.1. The number of likely N-dealkylation sites (N-methyl/N-ethyl adjacent to an activating group) is 1. The molecular weight excluding hydrogens is 270 g/mol. The van der Waals surface area contributed by atoms with Crippen LogP contribution >= 0.6 is 11.8 Å². The number of benzene rings is 2. The first-order chi connectivity index (χ1) is 9.66. The number of para-hydroxylation sites is 2. The third kappa shape index (κ3) is 2.27. The van der Waals surface area contributed by atoms with Gasteiger partial charge in [-0.25, -0.2) is 0 Å². The second-order valence-corrected chi connectivity index (χ2v) is 5.96. The maximum absolute atomic E-state index is 12.5. The Morgan fingerprint density at radius 3 is 2.45 bits per heavy atom. The number of nitrogens with zero attached hydrogens (tertiary/aromatic N) is 1. The molecule has 0 saturated carbocycles. The van der Waals surface area contributed by atoms with Gasteiger partial charge in [-0.15, -0.1) is 11.8 Å². The predicted octanol–water partition coefficient (Wildman–Crippen LogP) is 3.71. The fourth-order valence-corrected chi connectivity index (χ4v) is 3.42. The molecule has 3 rings (SSSR count). The molecule has 0 N–H and O–H groups in total. The zero-order valence-electron chi connectivity index (χ0n) is 11.4. The molecule has 0 aliphatic carbocycles. The van der Waals surface area contributed by atoms with Crippen LogP contribution in [-0.2, 0) is 4.79 Å². The summed E-state index contributed by atoms with van der Waals surface area (Å²) in [6.45, 7) is 0. The molecule has 2 aromatic carbocycles. The second-order valence-electron chi connectivity index (χ2n) is 4.82. The zero-order valence-corrected chi connectivity index (χ0v) is 12.2. The van der Waals surface area contributed by atoms with Crippen LogP contribution in [0.5, 0.6) is 11.5 Å². The van der Waals surface area contributed by atoms with Crippen LogP contribution in [-0.4, -0.2) is 24.9 Å². The molecule has 4 heteroatoms. The van der Waals surface area contributed by atoms with Crippen molar-refractivity contribution in [2.24, 2.45) is 0 Å². The van der Waals surface area contributed by atoms with E-state index >= 15 is 0 Å². The van der Waals surface area contributed by atoms with Crippen LogP contribution in [0, 0.1) is 0 Å². The van der Waals surface area contributed by atoms with Crippen LogP contribution in [0.1, 0.15) is 10.8 Å². The Bertz CT molecular complexity index is 654. The van der Waals surface area contributed by atoms with Gasteiger partial charge in [0.25, 0.3) is 0 Å². The summed E-state index contributed by atoms with van der Waals surface area (Å²) >= 11 is 1.54. The van der Waals surface area contributed by atoms with Gasteiger partial charge < -0.3 is 9.64 Å². The monoisotopic (exact) mass is 285 g/mol. The maximum Gasteiger partial charge on any atom is 0.240 e. The molecule has 20 heavy (non-hydrogen) atoms. The number of hydrogen-bond acceptors (Lipinski definition) is 3. The molecule has 1 heterocycles. The van der Waals surface area contributed by atoms with E-state index in [2.05, 4.69) is 0 Å². The Balaban J connectivity index is 2.13. The number of carbonyl (C=O) groups is 1. The highest BCUT2D eigenvalue weighted by Crippen LogP contribution is 2.48. The highest BCUT2D eigenvalue weighted by atomic mass is 32.2. The van der Waals surface area contributed by atoms with Crippen molar-refractivity contribution >= 4 is 17.7 Å². The van der Waals surface area contributed by atoms with Gasteiger partial charge in [0.2, 0.25) is 5.91 Å². The minimum atomic E-state index is -0.273. The Hall–Kier alpha value is -1.94. The zero-order chi connectivity index (χ0) is 14.1. The minimum absolute atomic E-state index is 0.0720. The SMILES string of the molecule is CN(C)C(=O)C1Sc2ccccc2Oc2ccccc21. The molecule has 1 aliphatic rings. The van der Waals surface area contributed by atoms with Crippen molar-refractivity contribution in [1.29, 1.82) is 0 Å². The quantitative estimate of drug-likeness (QED) is 0.800. The van der Waals surface area contributed by atoms with Gasteiger partial charge in [0, 0.05) is 19.7 Å². The molecule has 0 aromatic heterocycles. The Morgan fingerprint density at radius 2 is 1.70 bits per heavy atom. The molecule has 102 valence electrons. The van der Waals surface area contributed by atoms with Gasteiger partial charge in [0.1, 0.15) is 16.7 Å². The van der Waals surface area contributed by atoms with Crippen LogP contribution in [0.2, 0.25) is 0 Å². The van der Waals surface area contributed by atoms with Crippen molar-refractivity contribution in [2.75, 3.05) is 14.1 Å². The Morgan fingerprint density at radius 1 is 1.05 bits per heavy atom. The molecule has 0 fully saturated rings. The standard InChI is InChI=1S/C16H15NO2S/c1-17(2)16(18)15-11-7-3-4-8-12(11)19-13-9-5-6-10-14(13)20-15/h3-10,15H,1-2H3. The van der Waals surface area contributed by atoms with Crippen LogP contribution < -0.4 is 4.74 Å². The molecule has 2 aromatic rings. The second kappa shape index (κ2) is 5.21. The molecular formula is C16H15NO2S. The molecule has 1 amide bonds. The van der Waals surface area contributed by atoms with Gasteiger partial charge in [0.05, 0.1) is 4.90 Å². The normalized spacial score (nSPS) is 16.4. The van der Waals surface area contributed by atoms with Crippen LogP contribution in [0.25, 0.3) is 0 Å². The van der Waals surface area contributed by atoms with E-state index in [-0.39, 0.29) is 11.2 Å². The summed E-state index contributed by atoms with van der Waals surface area (Å²) in [5.74, 6) is 1.63. The molecule has 1 aliphatic heterocycles. The van der Waals surface area contributed by atoms with E-state index in [1.54, 1.807) is 30.8 Å². The van der Waals surface area contributed by atoms with E-state index in [1.807, 2.05) is 48.5 Å². The summed E-state index contributed by atoms with van der Waals surface area (Å²) in [5.41, 5.74) is 0.924. The summed E-state index contributed by atoms with van der Waals surface area (Å²) < 4.78 is 5.97. The lowest BCUT2D eigenvalue weighted by Crippen LogP contribution is -2.26. The first kappa shape index (κ1) is 13.1. The number of hydrogen-bond donors (Lipinski definition) is 0. The fraction of sp³-hybridized carbons (Fsp3) is 0.188. The van der Waals surface area contributed by atoms with Crippen molar-refractivity contribution in [3.8, 4) is 11.5 Å².